The van der Waals surface area contributed by atoms with Gasteiger partial charge in [0.1, 0.15) is 5.69 Å². The minimum atomic E-state index is -0.547. The number of hydrogen-bond acceptors (Lipinski definition) is 4. The molecule has 5 heteroatoms. The van der Waals surface area contributed by atoms with Gasteiger partial charge in [0.2, 0.25) is 0 Å². The number of aromatic nitrogens is 4. The molecular formula is C16H18N4O. The molecule has 5 nitrogen and oxygen atoms in total. The van der Waals surface area contributed by atoms with Crippen LogP contribution in [0.3, 0.4) is 0 Å². The first-order chi connectivity index (χ1) is 10.2. The average molecular weight is 282 g/mol. The van der Waals surface area contributed by atoms with E-state index in [1.807, 2.05) is 32.0 Å². The van der Waals surface area contributed by atoms with Gasteiger partial charge in [-0.15, -0.1) is 5.10 Å². The molecule has 0 saturated carbocycles. The van der Waals surface area contributed by atoms with Crippen molar-refractivity contribution in [3.63, 3.8) is 0 Å². The molecule has 0 aliphatic heterocycles. The fraction of sp³-hybridized carbons (Fsp3) is 0.312. The summed E-state index contributed by atoms with van der Waals surface area (Å²) in [4.78, 5) is 4.54. The first kappa shape index (κ1) is 13.7. The van der Waals surface area contributed by atoms with Crippen molar-refractivity contribution < 1.29 is 5.11 Å². The lowest BCUT2D eigenvalue weighted by Gasteiger charge is -2.07. The molecule has 0 bridgehead atoms. The Bertz CT molecular complexity index is 766. The lowest BCUT2D eigenvalue weighted by molar-refractivity contribution is 0.168. The molecule has 1 aromatic carbocycles. The fourth-order valence-electron chi connectivity index (χ4n) is 2.45. The number of para-hydroxylation sites is 1. The van der Waals surface area contributed by atoms with E-state index < -0.39 is 6.10 Å². The molecule has 0 amide bonds. The SMILES string of the molecule is CCC(O)c1cn(Cc2cc(C)nc3ccccc23)nn1. The number of rotatable bonds is 4. The van der Waals surface area contributed by atoms with Crippen molar-refractivity contribution in [1.29, 1.82) is 0 Å². The molecule has 2 heterocycles. The number of hydrogen-bond donors (Lipinski definition) is 1. The van der Waals surface area contributed by atoms with Crippen LogP contribution in [0.2, 0.25) is 0 Å². The maximum absolute atomic E-state index is 9.80. The van der Waals surface area contributed by atoms with Crippen LogP contribution < -0.4 is 0 Å². The van der Waals surface area contributed by atoms with Gasteiger partial charge in [-0.25, -0.2) is 4.68 Å². The van der Waals surface area contributed by atoms with Crippen LogP contribution >= 0.6 is 0 Å². The van der Waals surface area contributed by atoms with E-state index in [1.54, 1.807) is 10.9 Å². The molecule has 0 saturated heterocycles. The van der Waals surface area contributed by atoms with Gasteiger partial charge in [-0.1, -0.05) is 30.3 Å². The largest absolute Gasteiger partial charge is 0.387 e. The van der Waals surface area contributed by atoms with Crippen molar-refractivity contribution in [2.45, 2.75) is 32.9 Å². The predicted octanol–water partition coefficient (Wildman–Crippen LogP) is 2.63. The van der Waals surface area contributed by atoms with Crippen LogP contribution in [0.1, 0.15) is 36.4 Å². The zero-order valence-electron chi connectivity index (χ0n) is 12.2. The molecule has 0 radical (unpaired) electrons. The highest BCUT2D eigenvalue weighted by molar-refractivity contribution is 5.82. The molecular weight excluding hydrogens is 264 g/mol. The number of pyridine rings is 1. The summed E-state index contributed by atoms with van der Waals surface area (Å²) in [6.07, 6.45) is 1.89. The Labute approximate surface area is 123 Å². The van der Waals surface area contributed by atoms with Crippen LogP contribution in [-0.4, -0.2) is 25.1 Å². The molecule has 0 aliphatic carbocycles. The van der Waals surface area contributed by atoms with Crippen molar-refractivity contribution in [1.82, 2.24) is 20.0 Å². The van der Waals surface area contributed by atoms with E-state index >= 15 is 0 Å². The molecule has 2 aromatic heterocycles. The summed E-state index contributed by atoms with van der Waals surface area (Å²) >= 11 is 0. The van der Waals surface area contributed by atoms with E-state index in [0.29, 0.717) is 18.7 Å². The van der Waals surface area contributed by atoms with Gasteiger partial charge in [-0.2, -0.15) is 0 Å². The summed E-state index contributed by atoms with van der Waals surface area (Å²) < 4.78 is 1.76. The second-order valence-corrected chi connectivity index (χ2v) is 5.20. The highest BCUT2D eigenvalue weighted by Gasteiger charge is 2.11. The van der Waals surface area contributed by atoms with E-state index in [9.17, 15) is 5.11 Å². The molecule has 108 valence electrons. The fourth-order valence-corrected chi connectivity index (χ4v) is 2.45. The topological polar surface area (TPSA) is 63.8 Å². The second-order valence-electron chi connectivity index (χ2n) is 5.20. The Morgan fingerprint density at radius 2 is 2.10 bits per heavy atom. The monoisotopic (exact) mass is 282 g/mol. The van der Waals surface area contributed by atoms with E-state index in [-0.39, 0.29) is 0 Å². The summed E-state index contributed by atoms with van der Waals surface area (Å²) in [5.74, 6) is 0. The molecule has 1 atom stereocenters. The first-order valence-electron chi connectivity index (χ1n) is 7.10. The number of aliphatic hydroxyl groups excluding tert-OH is 1. The maximum Gasteiger partial charge on any atom is 0.111 e. The first-order valence-corrected chi connectivity index (χ1v) is 7.10. The Balaban J connectivity index is 1.96. The van der Waals surface area contributed by atoms with Crippen LogP contribution in [0.15, 0.2) is 36.5 Å². The summed E-state index contributed by atoms with van der Waals surface area (Å²) in [6, 6.07) is 10.1. The molecule has 0 aliphatic rings. The van der Waals surface area contributed by atoms with Crippen LogP contribution in [0.5, 0.6) is 0 Å². The van der Waals surface area contributed by atoms with Crippen molar-refractivity contribution in [2.24, 2.45) is 0 Å². The van der Waals surface area contributed by atoms with Crippen molar-refractivity contribution >= 4 is 10.9 Å². The minimum absolute atomic E-state index is 0.547. The Morgan fingerprint density at radius 1 is 1.29 bits per heavy atom. The Morgan fingerprint density at radius 3 is 2.90 bits per heavy atom. The van der Waals surface area contributed by atoms with E-state index in [2.05, 4.69) is 27.4 Å². The molecule has 0 spiro atoms. The number of aryl methyl sites for hydroxylation is 1. The highest BCUT2D eigenvalue weighted by atomic mass is 16.3. The van der Waals surface area contributed by atoms with Crippen molar-refractivity contribution in [3.05, 3.63) is 53.5 Å². The quantitative estimate of drug-likeness (QED) is 0.799. The summed E-state index contributed by atoms with van der Waals surface area (Å²) in [7, 11) is 0. The van der Waals surface area contributed by atoms with E-state index in [0.717, 1.165) is 22.2 Å². The third-order valence-corrected chi connectivity index (χ3v) is 3.55. The van der Waals surface area contributed by atoms with Crippen molar-refractivity contribution in [3.8, 4) is 0 Å². The Kier molecular flexibility index (Phi) is 3.66. The maximum atomic E-state index is 9.80. The predicted molar refractivity (Wildman–Crippen MR) is 80.9 cm³/mol. The van der Waals surface area contributed by atoms with Gasteiger partial charge in [-0.05, 0) is 31.0 Å². The van der Waals surface area contributed by atoms with Crippen LogP contribution in [0, 0.1) is 6.92 Å². The lowest BCUT2D eigenvalue weighted by Crippen LogP contribution is -2.02. The molecule has 1 unspecified atom stereocenters. The second kappa shape index (κ2) is 5.61. The molecule has 3 rings (SSSR count). The molecule has 21 heavy (non-hydrogen) atoms. The van der Waals surface area contributed by atoms with Gasteiger partial charge in [0.15, 0.2) is 0 Å². The smallest absolute Gasteiger partial charge is 0.111 e. The summed E-state index contributed by atoms with van der Waals surface area (Å²) in [5, 5.41) is 19.1. The van der Waals surface area contributed by atoms with Gasteiger partial charge in [0, 0.05) is 11.1 Å². The number of fused-ring (bicyclic) bond motifs is 1. The number of benzene rings is 1. The molecule has 1 N–H and O–H groups in total. The average Bonchev–Trinajstić information content (AvgIpc) is 2.95. The minimum Gasteiger partial charge on any atom is -0.387 e. The lowest BCUT2D eigenvalue weighted by atomic mass is 10.1. The molecule has 3 aromatic rings. The summed E-state index contributed by atoms with van der Waals surface area (Å²) in [6.45, 7) is 4.53. The zero-order valence-corrected chi connectivity index (χ0v) is 12.2. The van der Waals surface area contributed by atoms with Crippen molar-refractivity contribution in [2.75, 3.05) is 0 Å². The number of aliphatic hydroxyl groups is 1. The van der Waals surface area contributed by atoms with Gasteiger partial charge >= 0.3 is 0 Å². The third-order valence-electron chi connectivity index (χ3n) is 3.55. The van der Waals surface area contributed by atoms with Crippen LogP contribution in [0.25, 0.3) is 10.9 Å². The Hall–Kier alpha value is -2.27. The van der Waals surface area contributed by atoms with Gasteiger partial charge in [-0.3, -0.25) is 4.98 Å². The highest BCUT2D eigenvalue weighted by Crippen LogP contribution is 2.19. The van der Waals surface area contributed by atoms with E-state index in [1.165, 1.54) is 0 Å². The third kappa shape index (κ3) is 2.78. The van der Waals surface area contributed by atoms with E-state index in [4.69, 9.17) is 0 Å². The van der Waals surface area contributed by atoms with Crippen LogP contribution in [-0.2, 0) is 6.54 Å². The van der Waals surface area contributed by atoms with Crippen LogP contribution in [0.4, 0.5) is 0 Å². The summed E-state index contributed by atoms with van der Waals surface area (Å²) in [5.41, 5.74) is 3.74. The normalized spacial score (nSPS) is 12.7. The van der Waals surface area contributed by atoms with Gasteiger partial charge in [0.05, 0.1) is 24.4 Å². The van der Waals surface area contributed by atoms with Gasteiger partial charge in [0.25, 0.3) is 0 Å². The molecule has 0 fully saturated rings. The number of nitrogens with zero attached hydrogens (tertiary/aromatic N) is 4. The standard InChI is InChI=1S/C16H18N4O/c1-3-16(21)15-10-20(19-18-15)9-12-8-11(2)17-14-7-5-4-6-13(12)14/h4-8,10,16,21H,3,9H2,1-2H3. The van der Waals surface area contributed by atoms with Gasteiger partial charge < -0.3 is 5.11 Å². The zero-order chi connectivity index (χ0) is 14.8.